The number of rotatable bonds is 5. The molecule has 1 saturated carbocycles. The molecule has 1 unspecified atom stereocenters. The Kier molecular flexibility index (Phi) is 5.56. The van der Waals surface area contributed by atoms with Crippen LogP contribution in [0.25, 0.3) is 5.57 Å². The van der Waals surface area contributed by atoms with Crippen molar-refractivity contribution in [1.29, 1.82) is 0 Å². The molecule has 0 saturated heterocycles. The first-order valence-corrected chi connectivity index (χ1v) is 7.32. The Hall–Kier alpha value is -2.58. The number of aliphatic imine (C=N–C) groups is 1. The lowest BCUT2D eigenvalue weighted by atomic mass is 9.99. The van der Waals surface area contributed by atoms with E-state index < -0.39 is 12.2 Å². The molecule has 1 aliphatic rings. The zero-order chi connectivity index (χ0) is 16.8. The molecule has 0 radical (unpaired) electrons. The van der Waals surface area contributed by atoms with Crippen molar-refractivity contribution in [3.05, 3.63) is 41.7 Å². The molecule has 1 aromatic carbocycles. The lowest BCUT2D eigenvalue weighted by Crippen LogP contribution is -2.07. The number of hydrogen-bond acceptors (Lipinski definition) is 4. The highest BCUT2D eigenvalue weighted by atomic mass is 16.5. The number of aliphatic carboxylic acids is 1. The molecule has 5 heteroatoms. The van der Waals surface area contributed by atoms with Gasteiger partial charge < -0.3 is 14.9 Å². The van der Waals surface area contributed by atoms with Crippen molar-refractivity contribution in [3.63, 3.8) is 0 Å². The number of carboxylic acid groups (broad SMARTS) is 1. The van der Waals surface area contributed by atoms with E-state index in [1.807, 2.05) is 0 Å². The Morgan fingerprint density at radius 3 is 2.74 bits per heavy atom. The van der Waals surface area contributed by atoms with Gasteiger partial charge >= 0.3 is 5.97 Å². The summed E-state index contributed by atoms with van der Waals surface area (Å²) >= 11 is 0. The minimum absolute atomic E-state index is 0.0425. The molecule has 0 aromatic heterocycles. The number of nitrogens with zero attached hydrogens (tertiary/aromatic N) is 1. The van der Waals surface area contributed by atoms with Crippen molar-refractivity contribution < 1.29 is 19.7 Å². The maximum absolute atomic E-state index is 11.4. The van der Waals surface area contributed by atoms with Gasteiger partial charge in [-0.3, -0.25) is 0 Å². The smallest absolute Gasteiger partial charge is 0.339 e. The molecule has 5 nitrogen and oxygen atoms in total. The molecule has 0 heterocycles. The average Bonchev–Trinajstić information content (AvgIpc) is 3.34. The quantitative estimate of drug-likeness (QED) is 0.379. The van der Waals surface area contributed by atoms with Crippen molar-refractivity contribution in [1.82, 2.24) is 0 Å². The number of ether oxygens (including phenoxy) is 1. The van der Waals surface area contributed by atoms with Crippen molar-refractivity contribution in [2.75, 3.05) is 7.11 Å². The van der Waals surface area contributed by atoms with Crippen LogP contribution in [0.3, 0.4) is 0 Å². The third kappa shape index (κ3) is 4.70. The van der Waals surface area contributed by atoms with E-state index in [1.54, 1.807) is 31.2 Å². The maximum atomic E-state index is 11.4. The third-order valence-corrected chi connectivity index (χ3v) is 3.35. The van der Waals surface area contributed by atoms with Crippen molar-refractivity contribution in [2.45, 2.75) is 26.0 Å². The van der Waals surface area contributed by atoms with E-state index >= 15 is 0 Å². The van der Waals surface area contributed by atoms with Crippen LogP contribution in [0.5, 0.6) is 0 Å². The van der Waals surface area contributed by atoms with Crippen molar-refractivity contribution in [2.24, 2.45) is 10.9 Å². The highest BCUT2D eigenvalue weighted by Gasteiger charge is 2.19. The van der Waals surface area contributed by atoms with Crippen molar-refractivity contribution >= 4 is 17.3 Å². The van der Waals surface area contributed by atoms with Gasteiger partial charge in [0.1, 0.15) is 5.57 Å². The minimum atomic E-state index is -1.18. The first-order valence-electron chi connectivity index (χ1n) is 7.32. The fraction of sp³-hybridized carbons (Fsp3) is 0.333. The second-order valence-corrected chi connectivity index (χ2v) is 5.29. The van der Waals surface area contributed by atoms with Gasteiger partial charge in [0.15, 0.2) is 6.23 Å². The van der Waals surface area contributed by atoms with Gasteiger partial charge in [-0.25, -0.2) is 9.79 Å². The lowest BCUT2D eigenvalue weighted by molar-refractivity contribution is -0.130. The summed E-state index contributed by atoms with van der Waals surface area (Å²) in [4.78, 5) is 15.5. The molecule has 0 spiro atoms. The van der Waals surface area contributed by atoms with Crippen molar-refractivity contribution in [3.8, 4) is 11.8 Å². The largest absolute Gasteiger partial charge is 0.503 e. The molecule has 120 valence electrons. The number of benzene rings is 1. The summed E-state index contributed by atoms with van der Waals surface area (Å²) < 4.78 is 4.82. The molecule has 2 rings (SSSR count). The Morgan fingerprint density at radius 2 is 2.13 bits per heavy atom. The molecule has 1 aliphatic carbocycles. The highest BCUT2D eigenvalue weighted by Crippen LogP contribution is 2.28. The molecule has 2 N–H and O–H groups in total. The van der Waals surface area contributed by atoms with E-state index in [0.717, 1.165) is 19.1 Å². The number of carbonyl (C=O) groups is 1. The van der Waals surface area contributed by atoms with Crippen LogP contribution in [0.4, 0.5) is 0 Å². The summed E-state index contributed by atoms with van der Waals surface area (Å²) in [7, 11) is 1.37. The summed E-state index contributed by atoms with van der Waals surface area (Å²) in [6.07, 6.45) is 2.20. The average molecular weight is 313 g/mol. The second kappa shape index (κ2) is 7.61. The van der Waals surface area contributed by atoms with Gasteiger partial charge in [-0.15, -0.1) is 0 Å². The van der Waals surface area contributed by atoms with Crippen LogP contribution in [0.1, 0.15) is 37.1 Å². The lowest BCUT2D eigenvalue weighted by Gasteiger charge is -2.13. The standard InChI is InChI=1S/C18H19NO4/c1-12(7-8-13-9-10-13)19-17(20)15-6-4-3-5-14(15)16(11-23-2)18(21)22/h3-6,11,13,17,20H,9-10H2,1-2H3,(H,21,22)/b16-11+,19-12?. The zero-order valence-corrected chi connectivity index (χ0v) is 13.1. The molecule has 0 bridgehead atoms. The molecular formula is C18H19NO4. The number of methoxy groups -OCH3 is 1. The van der Waals surface area contributed by atoms with Crippen LogP contribution in [0.2, 0.25) is 0 Å². The number of aliphatic hydroxyl groups is 1. The van der Waals surface area contributed by atoms with E-state index in [4.69, 9.17) is 4.74 Å². The molecule has 0 aliphatic heterocycles. The monoisotopic (exact) mass is 313 g/mol. The second-order valence-electron chi connectivity index (χ2n) is 5.29. The summed E-state index contributed by atoms with van der Waals surface area (Å²) in [6, 6.07) is 6.66. The summed E-state index contributed by atoms with van der Waals surface area (Å²) in [5.74, 6) is 5.31. The Bertz CT molecular complexity index is 705. The molecule has 0 amide bonds. The fourth-order valence-corrected chi connectivity index (χ4v) is 2.03. The van der Waals surface area contributed by atoms with E-state index in [9.17, 15) is 15.0 Å². The van der Waals surface area contributed by atoms with E-state index in [2.05, 4.69) is 16.8 Å². The third-order valence-electron chi connectivity index (χ3n) is 3.35. The number of carboxylic acids is 1. The van der Waals surface area contributed by atoms with Gasteiger partial charge in [0.2, 0.25) is 0 Å². The zero-order valence-electron chi connectivity index (χ0n) is 13.1. The van der Waals surface area contributed by atoms with Crippen LogP contribution in [0.15, 0.2) is 35.5 Å². The first-order chi connectivity index (χ1) is 11.0. The van der Waals surface area contributed by atoms with Gasteiger partial charge in [-0.2, -0.15) is 0 Å². The Balaban J connectivity index is 2.32. The van der Waals surface area contributed by atoms with E-state index in [1.165, 1.54) is 7.11 Å². The van der Waals surface area contributed by atoms with Gasteiger partial charge in [-0.1, -0.05) is 36.1 Å². The van der Waals surface area contributed by atoms with Gasteiger partial charge in [-0.05, 0) is 25.3 Å². The van der Waals surface area contributed by atoms with Crippen LogP contribution in [-0.2, 0) is 9.53 Å². The number of aliphatic hydroxyl groups excluding tert-OH is 1. The molecular weight excluding hydrogens is 294 g/mol. The van der Waals surface area contributed by atoms with E-state index in [0.29, 0.717) is 22.8 Å². The van der Waals surface area contributed by atoms with Crippen LogP contribution in [-0.4, -0.2) is 29.0 Å². The normalized spacial score (nSPS) is 16.3. The van der Waals surface area contributed by atoms with Gasteiger partial charge in [0.05, 0.1) is 19.1 Å². The predicted molar refractivity (Wildman–Crippen MR) is 87.6 cm³/mol. The fourth-order valence-electron chi connectivity index (χ4n) is 2.03. The highest BCUT2D eigenvalue weighted by molar-refractivity contribution is 6.15. The SMILES string of the molecule is CO/C=C(/C(=O)O)c1ccccc1C(O)N=C(C)C#CC1CC1. The van der Waals surface area contributed by atoms with Gasteiger partial charge in [0, 0.05) is 11.5 Å². The Labute approximate surface area is 135 Å². The summed E-state index contributed by atoms with van der Waals surface area (Å²) in [6.45, 7) is 1.73. The first kappa shape index (κ1) is 16.8. The summed E-state index contributed by atoms with van der Waals surface area (Å²) in [5.41, 5.74) is 1.23. The van der Waals surface area contributed by atoms with Crippen LogP contribution in [0, 0.1) is 17.8 Å². The van der Waals surface area contributed by atoms with Crippen LogP contribution < -0.4 is 0 Å². The maximum Gasteiger partial charge on any atom is 0.339 e. The molecule has 1 aromatic rings. The minimum Gasteiger partial charge on any atom is -0.503 e. The number of hydrogen-bond donors (Lipinski definition) is 2. The van der Waals surface area contributed by atoms with Gasteiger partial charge in [0.25, 0.3) is 0 Å². The van der Waals surface area contributed by atoms with Crippen LogP contribution >= 0.6 is 0 Å². The topological polar surface area (TPSA) is 79.1 Å². The molecule has 1 atom stereocenters. The molecule has 23 heavy (non-hydrogen) atoms. The van der Waals surface area contributed by atoms with E-state index in [-0.39, 0.29) is 5.57 Å². The predicted octanol–water partition coefficient (Wildman–Crippen LogP) is 2.62. The molecule has 1 fully saturated rings. The Morgan fingerprint density at radius 1 is 1.43 bits per heavy atom. The summed E-state index contributed by atoms with van der Waals surface area (Å²) in [5, 5.41) is 19.6.